The molecular weight excluding hydrogens is 230 g/mol. The maximum atomic E-state index is 4.94. The number of hydrogen-bond donors (Lipinski definition) is 0. The fraction of sp³-hybridized carbons (Fsp3) is 0.643. The molecule has 0 atom stereocenters. The van der Waals surface area contributed by atoms with E-state index in [0.29, 0.717) is 0 Å². The van der Waals surface area contributed by atoms with Gasteiger partial charge in [-0.3, -0.25) is 4.98 Å². The Bertz CT molecular complexity index is 241. The summed E-state index contributed by atoms with van der Waals surface area (Å²) >= 11 is 0. The van der Waals surface area contributed by atoms with E-state index in [9.17, 15) is 0 Å². The molecule has 1 aliphatic heterocycles. The molecule has 0 spiro atoms. The SMILES string of the molecule is C1CCOC1.CCOCC.COc1cccnc1. The molecule has 0 N–H and O–H groups in total. The van der Waals surface area contributed by atoms with Crippen molar-refractivity contribution in [3.8, 4) is 5.75 Å². The summed E-state index contributed by atoms with van der Waals surface area (Å²) in [5.41, 5.74) is 0. The Morgan fingerprint density at radius 2 is 1.89 bits per heavy atom. The molecule has 104 valence electrons. The minimum absolute atomic E-state index is 0.799. The summed E-state index contributed by atoms with van der Waals surface area (Å²) < 4.78 is 14.6. The minimum Gasteiger partial charge on any atom is -0.495 e. The van der Waals surface area contributed by atoms with Crippen molar-refractivity contribution >= 4 is 0 Å². The van der Waals surface area contributed by atoms with Crippen molar-refractivity contribution in [3.05, 3.63) is 24.5 Å². The van der Waals surface area contributed by atoms with Crippen LogP contribution in [0.25, 0.3) is 0 Å². The summed E-state index contributed by atoms with van der Waals surface area (Å²) in [7, 11) is 1.62. The summed E-state index contributed by atoms with van der Waals surface area (Å²) in [6.45, 7) is 7.67. The normalized spacial score (nSPS) is 12.8. The Labute approximate surface area is 110 Å². The van der Waals surface area contributed by atoms with E-state index in [2.05, 4.69) is 4.98 Å². The number of rotatable bonds is 3. The van der Waals surface area contributed by atoms with Crippen molar-refractivity contribution in [1.82, 2.24) is 4.98 Å². The van der Waals surface area contributed by atoms with Crippen LogP contribution >= 0.6 is 0 Å². The van der Waals surface area contributed by atoms with Crippen molar-refractivity contribution in [2.75, 3.05) is 33.5 Å². The van der Waals surface area contributed by atoms with Gasteiger partial charge in [-0.15, -0.1) is 0 Å². The van der Waals surface area contributed by atoms with Crippen LogP contribution in [0, 0.1) is 0 Å². The Balaban J connectivity index is 0.000000254. The van der Waals surface area contributed by atoms with Gasteiger partial charge in [-0.05, 0) is 38.8 Å². The predicted molar refractivity (Wildman–Crippen MR) is 73.0 cm³/mol. The fourth-order valence-corrected chi connectivity index (χ4v) is 1.18. The highest BCUT2D eigenvalue weighted by atomic mass is 16.5. The predicted octanol–water partition coefficient (Wildman–Crippen LogP) is 2.93. The number of hydrogen-bond acceptors (Lipinski definition) is 4. The van der Waals surface area contributed by atoms with Crippen molar-refractivity contribution in [3.63, 3.8) is 0 Å². The Hall–Kier alpha value is -1.13. The molecule has 2 heterocycles. The average Bonchev–Trinajstić information content (AvgIpc) is 3.00. The van der Waals surface area contributed by atoms with Gasteiger partial charge in [0.15, 0.2) is 0 Å². The van der Waals surface area contributed by atoms with Gasteiger partial charge in [0.25, 0.3) is 0 Å². The van der Waals surface area contributed by atoms with E-state index in [-0.39, 0.29) is 0 Å². The molecule has 0 unspecified atom stereocenters. The molecule has 2 rings (SSSR count). The van der Waals surface area contributed by atoms with Gasteiger partial charge < -0.3 is 14.2 Å². The molecule has 18 heavy (non-hydrogen) atoms. The molecule has 0 aliphatic carbocycles. The van der Waals surface area contributed by atoms with Gasteiger partial charge in [0.05, 0.1) is 13.3 Å². The van der Waals surface area contributed by atoms with E-state index >= 15 is 0 Å². The van der Waals surface area contributed by atoms with Gasteiger partial charge in [0, 0.05) is 32.6 Å². The number of aromatic nitrogens is 1. The van der Waals surface area contributed by atoms with Crippen LogP contribution in [-0.2, 0) is 9.47 Å². The Morgan fingerprint density at radius 3 is 2.11 bits per heavy atom. The van der Waals surface area contributed by atoms with Crippen LogP contribution in [0.1, 0.15) is 26.7 Å². The Morgan fingerprint density at radius 1 is 1.22 bits per heavy atom. The first-order chi connectivity index (χ1) is 8.85. The first-order valence-corrected chi connectivity index (χ1v) is 6.44. The van der Waals surface area contributed by atoms with E-state index in [1.165, 1.54) is 12.8 Å². The third-order valence-electron chi connectivity index (χ3n) is 2.11. The quantitative estimate of drug-likeness (QED) is 0.832. The lowest BCUT2D eigenvalue weighted by molar-refractivity contribution is 0.162. The molecule has 0 amide bonds. The van der Waals surface area contributed by atoms with Gasteiger partial charge in [-0.2, -0.15) is 0 Å². The summed E-state index contributed by atoms with van der Waals surface area (Å²) in [5.74, 6) is 0.799. The zero-order chi connectivity index (χ0) is 13.5. The lowest BCUT2D eigenvalue weighted by Gasteiger charge is -1.93. The third kappa shape index (κ3) is 11.4. The molecule has 1 aromatic heterocycles. The molecule has 4 nitrogen and oxygen atoms in total. The minimum atomic E-state index is 0.799. The smallest absolute Gasteiger partial charge is 0.137 e. The second-order valence-corrected chi connectivity index (χ2v) is 3.49. The number of methoxy groups -OCH3 is 1. The topological polar surface area (TPSA) is 40.6 Å². The first kappa shape index (κ1) is 16.9. The monoisotopic (exact) mass is 255 g/mol. The average molecular weight is 255 g/mol. The molecule has 0 radical (unpaired) electrons. The van der Waals surface area contributed by atoms with E-state index in [1.54, 1.807) is 19.5 Å². The molecule has 1 fully saturated rings. The summed E-state index contributed by atoms with van der Waals surface area (Å²) in [5, 5.41) is 0. The second-order valence-electron chi connectivity index (χ2n) is 3.49. The first-order valence-electron chi connectivity index (χ1n) is 6.44. The molecule has 1 aromatic rings. The highest BCUT2D eigenvalue weighted by molar-refractivity contribution is 5.14. The van der Waals surface area contributed by atoms with Crippen molar-refractivity contribution in [2.24, 2.45) is 0 Å². The van der Waals surface area contributed by atoms with Crippen LogP contribution in [0.3, 0.4) is 0 Å². The maximum Gasteiger partial charge on any atom is 0.137 e. The molecule has 1 aliphatic rings. The fourth-order valence-electron chi connectivity index (χ4n) is 1.18. The standard InChI is InChI=1S/C6H7NO.C4H8O.C4H10O/c1-8-6-3-2-4-7-5-6;1-2-4-5-3-1;1-3-5-4-2/h2-5H,1H3;1-4H2;3-4H2,1-2H3. The summed E-state index contributed by atoms with van der Waals surface area (Å²) in [4.78, 5) is 3.83. The van der Waals surface area contributed by atoms with Crippen LogP contribution in [0.2, 0.25) is 0 Å². The van der Waals surface area contributed by atoms with E-state index in [0.717, 1.165) is 32.2 Å². The van der Waals surface area contributed by atoms with Crippen molar-refractivity contribution in [1.29, 1.82) is 0 Å². The highest BCUT2D eigenvalue weighted by Gasteiger charge is 1.94. The van der Waals surface area contributed by atoms with Gasteiger partial charge in [-0.1, -0.05) is 0 Å². The van der Waals surface area contributed by atoms with Crippen LogP contribution in [0.5, 0.6) is 5.75 Å². The van der Waals surface area contributed by atoms with Crippen LogP contribution in [0.15, 0.2) is 24.5 Å². The summed E-state index contributed by atoms with van der Waals surface area (Å²) in [6, 6.07) is 3.69. The van der Waals surface area contributed by atoms with E-state index < -0.39 is 0 Å². The molecule has 0 aromatic carbocycles. The number of nitrogens with zero attached hydrogens (tertiary/aromatic N) is 1. The zero-order valence-electron chi connectivity index (χ0n) is 11.7. The lowest BCUT2D eigenvalue weighted by atomic mass is 10.4. The van der Waals surface area contributed by atoms with E-state index in [4.69, 9.17) is 14.2 Å². The molecule has 1 saturated heterocycles. The largest absolute Gasteiger partial charge is 0.495 e. The second kappa shape index (κ2) is 13.9. The van der Waals surface area contributed by atoms with Gasteiger partial charge in [-0.25, -0.2) is 0 Å². The highest BCUT2D eigenvalue weighted by Crippen LogP contribution is 2.02. The molecule has 0 bridgehead atoms. The molecule has 0 saturated carbocycles. The lowest BCUT2D eigenvalue weighted by Crippen LogP contribution is -1.84. The number of pyridine rings is 1. The van der Waals surface area contributed by atoms with Crippen molar-refractivity contribution < 1.29 is 14.2 Å². The van der Waals surface area contributed by atoms with Crippen LogP contribution in [0.4, 0.5) is 0 Å². The Kier molecular flexibility index (Phi) is 13.1. The molecular formula is C14H25NO3. The van der Waals surface area contributed by atoms with Gasteiger partial charge in [0.2, 0.25) is 0 Å². The third-order valence-corrected chi connectivity index (χ3v) is 2.11. The van der Waals surface area contributed by atoms with Crippen LogP contribution in [-0.4, -0.2) is 38.5 Å². The van der Waals surface area contributed by atoms with Crippen LogP contribution < -0.4 is 4.74 Å². The van der Waals surface area contributed by atoms with Crippen molar-refractivity contribution in [2.45, 2.75) is 26.7 Å². The maximum absolute atomic E-state index is 4.94. The van der Waals surface area contributed by atoms with Gasteiger partial charge >= 0.3 is 0 Å². The summed E-state index contributed by atoms with van der Waals surface area (Å²) in [6.07, 6.45) is 5.93. The van der Waals surface area contributed by atoms with E-state index in [1.807, 2.05) is 26.0 Å². The zero-order valence-corrected chi connectivity index (χ0v) is 11.7. The number of ether oxygens (including phenoxy) is 3. The molecule has 4 heteroatoms. The van der Waals surface area contributed by atoms with Gasteiger partial charge in [0.1, 0.15) is 5.75 Å².